The summed E-state index contributed by atoms with van der Waals surface area (Å²) < 4.78 is 24.3. The van der Waals surface area contributed by atoms with Crippen LogP contribution in [0.2, 0.25) is 0 Å². The Morgan fingerprint density at radius 2 is 2.08 bits per heavy atom. The molecule has 7 heteroatoms. The first-order chi connectivity index (χ1) is 17.4. The lowest BCUT2D eigenvalue weighted by atomic mass is 9.57. The van der Waals surface area contributed by atoms with Crippen molar-refractivity contribution in [2.45, 2.75) is 51.7 Å². The number of halogens is 1. The number of carbonyl (C=O) groups excluding carboxylic acids is 2. The second-order valence-corrected chi connectivity index (χ2v) is 10.3. The first kappa shape index (κ1) is 24.5. The fraction of sp³-hybridized carbons (Fsp3) is 0.483. The Bertz CT molecular complexity index is 1130. The van der Waals surface area contributed by atoms with E-state index in [1.807, 2.05) is 31.2 Å². The molecule has 1 aromatic carbocycles. The van der Waals surface area contributed by atoms with Crippen LogP contribution < -0.4 is 5.32 Å². The fourth-order valence-corrected chi connectivity index (χ4v) is 6.64. The van der Waals surface area contributed by atoms with Gasteiger partial charge in [-0.05, 0) is 87.1 Å². The number of alkyl carbamates (subject to hydrolysis) is 1. The minimum Gasteiger partial charge on any atom is -0.462 e. The summed E-state index contributed by atoms with van der Waals surface area (Å²) in [5.74, 6) is 0.629. The van der Waals surface area contributed by atoms with Crippen molar-refractivity contribution in [3.8, 4) is 11.1 Å². The van der Waals surface area contributed by atoms with Gasteiger partial charge >= 0.3 is 12.1 Å². The van der Waals surface area contributed by atoms with Crippen LogP contribution in [0.3, 0.4) is 0 Å². The summed E-state index contributed by atoms with van der Waals surface area (Å²) in [5.41, 5.74) is 2.48. The highest BCUT2D eigenvalue weighted by molar-refractivity contribution is 5.75. The maximum Gasteiger partial charge on any atom is 0.407 e. The first-order valence-corrected chi connectivity index (χ1v) is 13.0. The minimum absolute atomic E-state index is 0.0679. The normalized spacial score (nSPS) is 31.4. The van der Waals surface area contributed by atoms with Crippen LogP contribution in [-0.2, 0) is 14.3 Å². The molecular weight excluding hydrogens is 459 g/mol. The number of cyclic esters (lactones) is 1. The number of amides is 1. The summed E-state index contributed by atoms with van der Waals surface area (Å²) in [6.45, 7) is 4.15. The van der Waals surface area contributed by atoms with Gasteiger partial charge < -0.3 is 14.8 Å². The Hall–Kier alpha value is -3.22. The molecule has 1 aromatic heterocycles. The van der Waals surface area contributed by atoms with Crippen molar-refractivity contribution in [1.29, 1.82) is 0 Å². The molecule has 5 rings (SSSR count). The minimum atomic E-state index is -0.368. The molecule has 0 radical (unpaired) electrons. The van der Waals surface area contributed by atoms with Crippen LogP contribution in [0.5, 0.6) is 0 Å². The third kappa shape index (κ3) is 5.01. The van der Waals surface area contributed by atoms with Gasteiger partial charge in [-0.2, -0.15) is 0 Å². The molecule has 2 aromatic rings. The molecule has 0 spiro atoms. The number of benzene rings is 1. The van der Waals surface area contributed by atoms with Crippen LogP contribution in [0.15, 0.2) is 48.7 Å². The Labute approximate surface area is 211 Å². The Balaban J connectivity index is 1.34. The van der Waals surface area contributed by atoms with Crippen LogP contribution in [0.25, 0.3) is 17.2 Å². The van der Waals surface area contributed by atoms with E-state index in [-0.39, 0.29) is 47.8 Å². The van der Waals surface area contributed by atoms with E-state index in [4.69, 9.17) is 9.47 Å². The van der Waals surface area contributed by atoms with E-state index in [2.05, 4.69) is 16.4 Å². The van der Waals surface area contributed by atoms with Crippen LogP contribution in [-0.4, -0.2) is 35.8 Å². The van der Waals surface area contributed by atoms with E-state index < -0.39 is 0 Å². The molecule has 3 fully saturated rings. The summed E-state index contributed by atoms with van der Waals surface area (Å²) in [6, 6.07) is 10.4. The second-order valence-electron chi connectivity index (χ2n) is 10.3. The lowest BCUT2D eigenvalue weighted by Crippen LogP contribution is -2.48. The molecule has 1 amide bonds. The number of carbonyl (C=O) groups is 2. The molecule has 1 N–H and O–H groups in total. The molecule has 190 valence electrons. The van der Waals surface area contributed by atoms with Crippen molar-refractivity contribution < 1.29 is 23.5 Å². The topological polar surface area (TPSA) is 77.5 Å². The van der Waals surface area contributed by atoms with Crippen molar-refractivity contribution in [3.63, 3.8) is 0 Å². The number of rotatable bonds is 5. The summed E-state index contributed by atoms with van der Waals surface area (Å²) in [5, 5.41) is 3.00. The number of pyridine rings is 1. The quantitative estimate of drug-likeness (QED) is 0.548. The highest BCUT2D eigenvalue weighted by atomic mass is 19.1. The van der Waals surface area contributed by atoms with Gasteiger partial charge in [0.05, 0.1) is 18.2 Å². The van der Waals surface area contributed by atoms with Gasteiger partial charge in [-0.3, -0.25) is 9.78 Å². The predicted octanol–water partition coefficient (Wildman–Crippen LogP) is 5.63. The SMILES string of the molecule is CCOC(=O)N[C@@H]1CC[C@H]2[C@@H](C1)C[C@@H]1C(=O)O[C@H](C)[C@@H]1[C@@H]2C=Cc1ccc(-c2cccc(F)c2)cn1. The molecule has 3 aliphatic rings. The molecule has 6 nitrogen and oxygen atoms in total. The third-order valence-corrected chi connectivity index (χ3v) is 8.18. The lowest BCUT2D eigenvalue weighted by molar-refractivity contribution is -0.144. The van der Waals surface area contributed by atoms with Crippen molar-refractivity contribution in [2.24, 2.45) is 29.6 Å². The summed E-state index contributed by atoms with van der Waals surface area (Å²) >= 11 is 0. The van der Waals surface area contributed by atoms with Crippen molar-refractivity contribution in [3.05, 3.63) is 60.2 Å². The Morgan fingerprint density at radius 1 is 1.22 bits per heavy atom. The molecule has 36 heavy (non-hydrogen) atoms. The maximum absolute atomic E-state index is 13.6. The Kier molecular flexibility index (Phi) is 7.08. The monoisotopic (exact) mass is 492 g/mol. The number of nitrogens with zero attached hydrogens (tertiary/aromatic N) is 1. The molecule has 0 bridgehead atoms. The summed E-state index contributed by atoms with van der Waals surface area (Å²) in [7, 11) is 0. The molecule has 0 unspecified atom stereocenters. The number of aromatic nitrogens is 1. The zero-order valence-corrected chi connectivity index (χ0v) is 20.7. The average Bonchev–Trinajstić information content (AvgIpc) is 3.15. The van der Waals surface area contributed by atoms with E-state index >= 15 is 0 Å². The molecule has 2 aliphatic carbocycles. The summed E-state index contributed by atoms with van der Waals surface area (Å²) in [4.78, 5) is 29.2. The van der Waals surface area contributed by atoms with E-state index in [9.17, 15) is 14.0 Å². The number of ether oxygens (including phenoxy) is 2. The molecular formula is C29H33FN2O4. The van der Waals surface area contributed by atoms with E-state index in [1.165, 1.54) is 12.1 Å². The molecule has 1 saturated heterocycles. The van der Waals surface area contributed by atoms with E-state index in [1.54, 1.807) is 19.2 Å². The number of nitrogens with one attached hydrogen (secondary N) is 1. The van der Waals surface area contributed by atoms with E-state index in [0.29, 0.717) is 18.4 Å². The van der Waals surface area contributed by atoms with Crippen molar-refractivity contribution in [2.75, 3.05) is 6.61 Å². The smallest absolute Gasteiger partial charge is 0.407 e. The zero-order valence-electron chi connectivity index (χ0n) is 20.7. The average molecular weight is 493 g/mol. The van der Waals surface area contributed by atoms with Gasteiger partial charge in [-0.1, -0.05) is 24.3 Å². The van der Waals surface area contributed by atoms with Crippen molar-refractivity contribution >= 4 is 18.1 Å². The van der Waals surface area contributed by atoms with Crippen LogP contribution in [0.1, 0.15) is 45.2 Å². The number of allylic oxidation sites excluding steroid dienone is 1. The first-order valence-electron chi connectivity index (χ1n) is 13.0. The number of esters is 1. The predicted molar refractivity (Wildman–Crippen MR) is 134 cm³/mol. The third-order valence-electron chi connectivity index (χ3n) is 8.18. The van der Waals surface area contributed by atoms with Gasteiger partial charge in [-0.15, -0.1) is 0 Å². The van der Waals surface area contributed by atoms with Gasteiger partial charge in [0.15, 0.2) is 0 Å². The molecule has 2 heterocycles. The molecule has 7 atom stereocenters. The fourth-order valence-electron chi connectivity index (χ4n) is 6.64. The number of fused-ring (bicyclic) bond motifs is 2. The highest BCUT2D eigenvalue weighted by Gasteiger charge is 2.54. The maximum atomic E-state index is 13.6. The molecule has 2 saturated carbocycles. The van der Waals surface area contributed by atoms with Crippen molar-refractivity contribution in [1.82, 2.24) is 10.3 Å². The number of hydrogen-bond donors (Lipinski definition) is 1. The van der Waals surface area contributed by atoms with Crippen LogP contribution in [0.4, 0.5) is 9.18 Å². The largest absolute Gasteiger partial charge is 0.462 e. The lowest BCUT2D eigenvalue weighted by Gasteiger charge is -2.47. The van der Waals surface area contributed by atoms with Gasteiger partial charge in [-0.25, -0.2) is 9.18 Å². The zero-order chi connectivity index (χ0) is 25.2. The van der Waals surface area contributed by atoms with Gasteiger partial charge in [0, 0.05) is 23.7 Å². The van der Waals surface area contributed by atoms with Gasteiger partial charge in [0.2, 0.25) is 0 Å². The Morgan fingerprint density at radius 3 is 2.83 bits per heavy atom. The summed E-state index contributed by atoms with van der Waals surface area (Å²) in [6.07, 6.45) is 9.07. The van der Waals surface area contributed by atoms with Crippen LogP contribution >= 0.6 is 0 Å². The van der Waals surface area contributed by atoms with Crippen LogP contribution in [0, 0.1) is 35.4 Å². The van der Waals surface area contributed by atoms with E-state index in [0.717, 1.165) is 42.5 Å². The van der Waals surface area contributed by atoms with Gasteiger partial charge in [0.25, 0.3) is 0 Å². The standard InChI is InChI=1S/C29H33FN2O4/c1-3-35-29(34)32-23-10-11-24-20(14-23)15-26-27(17(2)36-28(26)33)25(24)12-9-22-8-7-19(16-31-22)18-5-4-6-21(30)13-18/h4-9,12-13,16-17,20,23-27H,3,10-11,14-15H2,1-2H3,(H,32,34)/t17-,20+,23-,24+,25-,26+,27-/m1/s1. The molecule has 1 aliphatic heterocycles. The van der Waals surface area contributed by atoms with Gasteiger partial charge in [0.1, 0.15) is 11.9 Å². The highest BCUT2D eigenvalue weighted by Crippen LogP contribution is 2.53. The second kappa shape index (κ2) is 10.4. The number of hydrogen-bond acceptors (Lipinski definition) is 5.